The Balaban J connectivity index is 2.05. The third kappa shape index (κ3) is 2.32. The monoisotopic (exact) mass is 277 g/mol. The summed E-state index contributed by atoms with van der Waals surface area (Å²) in [5.74, 6) is 1.87. The molecule has 0 unspecified atom stereocenters. The normalized spacial score (nSPS) is 14.0. The Morgan fingerprint density at radius 1 is 1.32 bits per heavy atom. The summed E-state index contributed by atoms with van der Waals surface area (Å²) < 4.78 is 0. The van der Waals surface area contributed by atoms with E-state index in [2.05, 4.69) is 22.2 Å². The summed E-state index contributed by atoms with van der Waals surface area (Å²) in [6.45, 7) is 3.06. The van der Waals surface area contributed by atoms with Crippen LogP contribution in [0.25, 0.3) is 10.2 Å². The molecule has 0 aliphatic heterocycles. The molecule has 0 spiro atoms. The molecule has 0 bridgehead atoms. The fraction of sp³-hybridized carbons (Fsp3) is 0.571. The minimum Gasteiger partial charge on any atom is -0.396 e. The lowest BCUT2D eigenvalue weighted by molar-refractivity contribution is 0.292. The van der Waals surface area contributed by atoms with Crippen LogP contribution < -0.4 is 5.32 Å². The molecule has 3 rings (SSSR count). The molecule has 1 aliphatic rings. The van der Waals surface area contributed by atoms with Crippen LogP contribution >= 0.6 is 11.3 Å². The first-order chi connectivity index (χ1) is 9.33. The summed E-state index contributed by atoms with van der Waals surface area (Å²) in [4.78, 5) is 11.9. The van der Waals surface area contributed by atoms with Crippen LogP contribution in [-0.4, -0.2) is 28.2 Å². The molecule has 0 aromatic carbocycles. The van der Waals surface area contributed by atoms with Crippen LogP contribution in [0.15, 0.2) is 0 Å². The Hall–Kier alpha value is -1.20. The molecular formula is C14H19N3OS. The number of hydrogen-bond acceptors (Lipinski definition) is 5. The van der Waals surface area contributed by atoms with Gasteiger partial charge in [-0.15, -0.1) is 11.3 Å². The highest BCUT2D eigenvalue weighted by molar-refractivity contribution is 7.19. The summed E-state index contributed by atoms with van der Waals surface area (Å²) in [5, 5.41) is 13.5. The van der Waals surface area contributed by atoms with Crippen molar-refractivity contribution in [2.45, 2.75) is 39.0 Å². The van der Waals surface area contributed by atoms with Gasteiger partial charge in [0.2, 0.25) is 0 Å². The molecule has 4 nitrogen and oxygen atoms in total. The van der Waals surface area contributed by atoms with E-state index in [1.54, 1.807) is 0 Å². The van der Waals surface area contributed by atoms with Gasteiger partial charge in [0.15, 0.2) is 0 Å². The van der Waals surface area contributed by atoms with Crippen molar-refractivity contribution in [2.75, 3.05) is 18.5 Å². The number of aliphatic hydroxyl groups excluding tert-OH is 1. The van der Waals surface area contributed by atoms with Crippen LogP contribution in [0.4, 0.5) is 5.82 Å². The maximum Gasteiger partial charge on any atom is 0.138 e. The van der Waals surface area contributed by atoms with E-state index < -0.39 is 0 Å². The topological polar surface area (TPSA) is 58.0 Å². The highest BCUT2D eigenvalue weighted by atomic mass is 32.1. The van der Waals surface area contributed by atoms with Crippen molar-refractivity contribution in [2.24, 2.45) is 0 Å². The lowest BCUT2D eigenvalue weighted by atomic mass is 10.2. The number of thiophene rings is 1. The van der Waals surface area contributed by atoms with Crippen molar-refractivity contribution in [3.63, 3.8) is 0 Å². The number of aryl methyl sites for hydroxylation is 3. The molecule has 1 aliphatic carbocycles. The fourth-order valence-electron chi connectivity index (χ4n) is 2.61. The molecule has 0 saturated heterocycles. The third-order valence-corrected chi connectivity index (χ3v) is 4.74. The highest BCUT2D eigenvalue weighted by Crippen LogP contribution is 2.39. The molecule has 0 radical (unpaired) electrons. The van der Waals surface area contributed by atoms with Gasteiger partial charge < -0.3 is 10.4 Å². The van der Waals surface area contributed by atoms with Gasteiger partial charge in [-0.2, -0.15) is 0 Å². The van der Waals surface area contributed by atoms with Crippen molar-refractivity contribution in [3.8, 4) is 0 Å². The van der Waals surface area contributed by atoms with Crippen LogP contribution in [0, 0.1) is 0 Å². The first-order valence-corrected chi connectivity index (χ1v) is 7.81. The van der Waals surface area contributed by atoms with E-state index in [0.29, 0.717) is 0 Å². The summed E-state index contributed by atoms with van der Waals surface area (Å²) in [6.07, 6.45) is 5.20. The van der Waals surface area contributed by atoms with Crippen LogP contribution in [0.5, 0.6) is 0 Å². The Morgan fingerprint density at radius 2 is 2.21 bits per heavy atom. The van der Waals surface area contributed by atoms with Crippen LogP contribution in [-0.2, 0) is 19.3 Å². The number of fused-ring (bicyclic) bond motifs is 3. The Kier molecular flexibility index (Phi) is 3.66. The van der Waals surface area contributed by atoms with Crippen molar-refractivity contribution >= 4 is 27.4 Å². The smallest absolute Gasteiger partial charge is 0.138 e. The average molecular weight is 277 g/mol. The maximum atomic E-state index is 8.90. The van der Waals surface area contributed by atoms with Gasteiger partial charge in [0.1, 0.15) is 16.5 Å². The second kappa shape index (κ2) is 5.43. The van der Waals surface area contributed by atoms with Crippen molar-refractivity contribution in [1.29, 1.82) is 0 Å². The molecule has 2 heterocycles. The summed E-state index contributed by atoms with van der Waals surface area (Å²) in [6, 6.07) is 0. The van der Waals surface area contributed by atoms with Gasteiger partial charge in [-0.1, -0.05) is 6.92 Å². The second-order valence-corrected chi connectivity index (χ2v) is 5.97. The van der Waals surface area contributed by atoms with Crippen molar-refractivity contribution < 1.29 is 5.11 Å². The Bertz CT molecular complexity index is 594. The van der Waals surface area contributed by atoms with Gasteiger partial charge in [-0.25, -0.2) is 9.97 Å². The van der Waals surface area contributed by atoms with E-state index in [1.165, 1.54) is 28.7 Å². The number of anilines is 1. The van der Waals surface area contributed by atoms with Crippen molar-refractivity contribution in [3.05, 3.63) is 16.3 Å². The molecule has 0 fully saturated rings. The first-order valence-electron chi connectivity index (χ1n) is 6.99. The quantitative estimate of drug-likeness (QED) is 0.825. The van der Waals surface area contributed by atoms with E-state index in [4.69, 9.17) is 5.11 Å². The van der Waals surface area contributed by atoms with Crippen molar-refractivity contribution in [1.82, 2.24) is 9.97 Å². The molecule has 0 amide bonds. The SMILES string of the molecule is CCc1nc(NCCCO)c2c3c(sc2n1)CCC3. The summed E-state index contributed by atoms with van der Waals surface area (Å²) >= 11 is 1.83. The van der Waals surface area contributed by atoms with E-state index in [0.717, 1.165) is 42.3 Å². The minimum atomic E-state index is 0.212. The fourth-order valence-corrected chi connectivity index (χ4v) is 3.89. The average Bonchev–Trinajstić information content (AvgIpc) is 2.98. The number of rotatable bonds is 5. The first kappa shape index (κ1) is 12.8. The predicted octanol–water partition coefficient (Wildman–Crippen LogP) is 2.54. The molecule has 102 valence electrons. The number of hydrogen-bond donors (Lipinski definition) is 2. The van der Waals surface area contributed by atoms with Crippen LogP contribution in [0.2, 0.25) is 0 Å². The van der Waals surface area contributed by atoms with Gasteiger partial charge in [0.25, 0.3) is 0 Å². The molecule has 2 aromatic rings. The zero-order chi connectivity index (χ0) is 13.2. The third-order valence-electron chi connectivity index (χ3n) is 3.55. The van der Waals surface area contributed by atoms with E-state index >= 15 is 0 Å². The molecule has 2 aromatic heterocycles. The van der Waals surface area contributed by atoms with E-state index in [1.807, 2.05) is 11.3 Å². The van der Waals surface area contributed by atoms with Crippen LogP contribution in [0.1, 0.15) is 36.0 Å². The Morgan fingerprint density at radius 3 is 3.00 bits per heavy atom. The molecule has 2 N–H and O–H groups in total. The molecule has 19 heavy (non-hydrogen) atoms. The summed E-state index contributed by atoms with van der Waals surface area (Å²) in [5.41, 5.74) is 1.45. The van der Waals surface area contributed by atoms with Gasteiger partial charge in [-0.3, -0.25) is 0 Å². The lowest BCUT2D eigenvalue weighted by Crippen LogP contribution is -2.07. The molecule has 5 heteroatoms. The second-order valence-electron chi connectivity index (χ2n) is 4.88. The number of aromatic nitrogens is 2. The standard InChI is InChI=1S/C14H19N3OS/c1-2-11-16-13(15-7-4-8-18)12-9-5-3-6-10(9)19-14(12)17-11/h18H,2-8H2,1H3,(H,15,16,17). The molecule has 0 atom stereocenters. The summed E-state index contributed by atoms with van der Waals surface area (Å²) in [7, 11) is 0. The number of nitrogens with one attached hydrogen (secondary N) is 1. The zero-order valence-corrected chi connectivity index (χ0v) is 12.0. The molecule has 0 saturated carbocycles. The molecular weight excluding hydrogens is 258 g/mol. The van der Waals surface area contributed by atoms with Gasteiger partial charge in [-0.05, 0) is 31.2 Å². The van der Waals surface area contributed by atoms with E-state index in [9.17, 15) is 0 Å². The van der Waals surface area contributed by atoms with Gasteiger partial charge >= 0.3 is 0 Å². The van der Waals surface area contributed by atoms with Crippen LogP contribution in [0.3, 0.4) is 0 Å². The van der Waals surface area contributed by atoms with Gasteiger partial charge in [0, 0.05) is 24.4 Å². The largest absolute Gasteiger partial charge is 0.396 e. The predicted molar refractivity (Wildman–Crippen MR) is 79.0 cm³/mol. The number of aliphatic hydroxyl groups is 1. The minimum absolute atomic E-state index is 0.212. The lowest BCUT2D eigenvalue weighted by Gasteiger charge is -2.08. The highest BCUT2D eigenvalue weighted by Gasteiger charge is 2.21. The maximum absolute atomic E-state index is 8.90. The zero-order valence-electron chi connectivity index (χ0n) is 11.2. The Labute approximate surface area is 116 Å². The number of nitrogens with zero attached hydrogens (tertiary/aromatic N) is 2. The van der Waals surface area contributed by atoms with E-state index in [-0.39, 0.29) is 6.61 Å². The van der Waals surface area contributed by atoms with Gasteiger partial charge in [0.05, 0.1) is 5.39 Å².